The molecule has 1 unspecified atom stereocenters. The Bertz CT molecular complexity index is 555. The van der Waals surface area contributed by atoms with E-state index < -0.39 is 0 Å². The minimum absolute atomic E-state index is 0.235. The maximum atomic E-state index is 3.64. The molecule has 0 amide bonds. The fourth-order valence-electron chi connectivity index (χ4n) is 2.11. The summed E-state index contributed by atoms with van der Waals surface area (Å²) in [7, 11) is 0. The lowest BCUT2D eigenvalue weighted by Gasteiger charge is -2.18. The predicted octanol–water partition coefficient (Wildman–Crippen LogP) is 6.43. The van der Waals surface area contributed by atoms with Crippen molar-refractivity contribution in [1.82, 2.24) is 5.32 Å². The molecule has 1 heterocycles. The molecule has 1 aromatic heterocycles. The zero-order valence-corrected chi connectivity index (χ0v) is 16.9. The monoisotopic (exact) mass is 479 g/mol. The van der Waals surface area contributed by atoms with Gasteiger partial charge in [0.25, 0.3) is 0 Å². The molecule has 1 atom stereocenters. The molecule has 0 aliphatic carbocycles. The third-order valence-corrected chi connectivity index (χ3v) is 6.72. The summed E-state index contributed by atoms with van der Waals surface area (Å²) in [6, 6.07) is 9.01. The number of hydrogen-bond acceptors (Lipinski definition) is 2. The van der Waals surface area contributed by atoms with Gasteiger partial charge < -0.3 is 5.32 Å². The van der Waals surface area contributed by atoms with Crippen LogP contribution < -0.4 is 5.32 Å². The second-order valence-corrected chi connectivity index (χ2v) is 8.89. The molecular weight excluding hydrogens is 466 g/mol. The molecule has 5 heteroatoms. The van der Waals surface area contributed by atoms with E-state index in [-0.39, 0.29) is 6.04 Å². The Balaban J connectivity index is 2.40. The molecule has 1 aromatic carbocycles. The zero-order valence-electron chi connectivity index (χ0n) is 11.3. The smallest absolute Gasteiger partial charge is 0.0843 e. The molecular formula is C15H16Br3NS. The first-order valence-corrected chi connectivity index (χ1v) is 9.66. The molecule has 0 spiro atoms. The highest BCUT2D eigenvalue weighted by Gasteiger charge is 2.18. The second-order valence-electron chi connectivity index (χ2n) is 4.72. The topological polar surface area (TPSA) is 12.0 Å². The lowest BCUT2D eigenvalue weighted by atomic mass is 10.0. The van der Waals surface area contributed by atoms with Gasteiger partial charge in [-0.3, -0.25) is 0 Å². The van der Waals surface area contributed by atoms with Crippen LogP contribution in [0.5, 0.6) is 0 Å². The third kappa shape index (κ3) is 4.17. The van der Waals surface area contributed by atoms with Crippen molar-refractivity contribution in [1.29, 1.82) is 0 Å². The van der Waals surface area contributed by atoms with Crippen LogP contribution in [0.3, 0.4) is 0 Å². The van der Waals surface area contributed by atoms with E-state index in [4.69, 9.17) is 0 Å². The van der Waals surface area contributed by atoms with Crippen molar-refractivity contribution in [3.8, 4) is 0 Å². The van der Waals surface area contributed by atoms with Gasteiger partial charge in [-0.15, -0.1) is 11.3 Å². The average Bonchev–Trinajstić information content (AvgIpc) is 2.69. The standard InChI is InChI=1S/C15H16Br3NS/c1-3-4-19-14(13-8-12(17)15(18)20-13)10-5-9(2)6-11(16)7-10/h5-8,14,19H,3-4H2,1-2H3. The van der Waals surface area contributed by atoms with Gasteiger partial charge in [0.15, 0.2) is 0 Å². The number of rotatable bonds is 5. The van der Waals surface area contributed by atoms with Crippen molar-refractivity contribution < 1.29 is 0 Å². The van der Waals surface area contributed by atoms with Gasteiger partial charge in [0.2, 0.25) is 0 Å². The number of aryl methyl sites for hydroxylation is 1. The summed E-state index contributed by atoms with van der Waals surface area (Å²) in [5, 5.41) is 3.64. The Labute approximate surface area is 149 Å². The minimum Gasteiger partial charge on any atom is -0.306 e. The molecule has 1 nitrogen and oxygen atoms in total. The Morgan fingerprint density at radius 2 is 1.90 bits per heavy atom. The second kappa shape index (κ2) is 7.54. The number of hydrogen-bond donors (Lipinski definition) is 1. The zero-order chi connectivity index (χ0) is 14.7. The maximum absolute atomic E-state index is 3.64. The van der Waals surface area contributed by atoms with Gasteiger partial charge in [-0.05, 0) is 81.1 Å². The lowest BCUT2D eigenvalue weighted by Crippen LogP contribution is -2.22. The largest absolute Gasteiger partial charge is 0.306 e. The van der Waals surface area contributed by atoms with E-state index in [0.717, 1.165) is 25.7 Å². The molecule has 0 bridgehead atoms. The van der Waals surface area contributed by atoms with E-state index in [1.807, 2.05) is 0 Å². The van der Waals surface area contributed by atoms with Gasteiger partial charge in [-0.25, -0.2) is 0 Å². The maximum Gasteiger partial charge on any atom is 0.0843 e. The van der Waals surface area contributed by atoms with E-state index in [1.54, 1.807) is 11.3 Å². The van der Waals surface area contributed by atoms with Crippen LogP contribution >= 0.6 is 59.1 Å². The highest BCUT2D eigenvalue weighted by molar-refractivity contribution is 9.13. The normalized spacial score (nSPS) is 12.7. The molecule has 1 N–H and O–H groups in total. The first kappa shape index (κ1) is 16.7. The summed E-state index contributed by atoms with van der Waals surface area (Å²) in [6.45, 7) is 5.32. The summed E-state index contributed by atoms with van der Waals surface area (Å²) in [4.78, 5) is 1.31. The van der Waals surface area contributed by atoms with Gasteiger partial charge in [0, 0.05) is 13.8 Å². The quantitative estimate of drug-likeness (QED) is 0.518. The van der Waals surface area contributed by atoms with Crippen LogP contribution in [-0.2, 0) is 0 Å². The van der Waals surface area contributed by atoms with Gasteiger partial charge in [-0.2, -0.15) is 0 Å². The van der Waals surface area contributed by atoms with Gasteiger partial charge in [0.05, 0.1) is 9.83 Å². The van der Waals surface area contributed by atoms with Crippen molar-refractivity contribution in [2.45, 2.75) is 26.3 Å². The molecule has 2 aromatic rings. The highest BCUT2D eigenvalue weighted by Crippen LogP contribution is 2.38. The Kier molecular flexibility index (Phi) is 6.29. The summed E-state index contributed by atoms with van der Waals surface area (Å²) >= 11 is 12.5. The Morgan fingerprint density at radius 3 is 2.45 bits per heavy atom. The van der Waals surface area contributed by atoms with Crippen LogP contribution in [0.2, 0.25) is 0 Å². The van der Waals surface area contributed by atoms with Crippen molar-refractivity contribution in [3.63, 3.8) is 0 Å². The van der Waals surface area contributed by atoms with Crippen LogP contribution in [0.1, 0.15) is 35.4 Å². The summed E-state index contributed by atoms with van der Waals surface area (Å²) < 4.78 is 3.39. The summed E-state index contributed by atoms with van der Waals surface area (Å²) in [6.07, 6.45) is 1.12. The third-order valence-electron chi connectivity index (χ3n) is 2.94. The summed E-state index contributed by atoms with van der Waals surface area (Å²) in [5.41, 5.74) is 2.57. The van der Waals surface area contributed by atoms with E-state index in [0.29, 0.717) is 0 Å². The van der Waals surface area contributed by atoms with E-state index in [2.05, 4.69) is 91.2 Å². The van der Waals surface area contributed by atoms with Crippen LogP contribution in [0.4, 0.5) is 0 Å². The van der Waals surface area contributed by atoms with Crippen molar-refractivity contribution >= 4 is 59.1 Å². The van der Waals surface area contributed by atoms with E-state index >= 15 is 0 Å². The predicted molar refractivity (Wildman–Crippen MR) is 98.7 cm³/mol. The molecule has 20 heavy (non-hydrogen) atoms. The number of benzene rings is 1. The van der Waals surface area contributed by atoms with Gasteiger partial charge in [0.1, 0.15) is 0 Å². The molecule has 0 aliphatic heterocycles. The van der Waals surface area contributed by atoms with Crippen molar-refractivity contribution in [2.24, 2.45) is 0 Å². The fourth-order valence-corrected chi connectivity index (χ4v) is 4.93. The number of nitrogens with one attached hydrogen (secondary N) is 1. The number of thiophene rings is 1. The molecule has 0 saturated heterocycles. The van der Waals surface area contributed by atoms with Crippen LogP contribution in [0, 0.1) is 6.92 Å². The molecule has 2 rings (SSSR count). The molecule has 0 fully saturated rings. The first-order valence-electron chi connectivity index (χ1n) is 6.46. The summed E-state index contributed by atoms with van der Waals surface area (Å²) in [5.74, 6) is 0. The minimum atomic E-state index is 0.235. The number of halogens is 3. The van der Waals surface area contributed by atoms with E-state index in [9.17, 15) is 0 Å². The van der Waals surface area contributed by atoms with Gasteiger partial charge >= 0.3 is 0 Å². The van der Waals surface area contributed by atoms with Crippen molar-refractivity contribution in [3.05, 3.63) is 53.0 Å². The van der Waals surface area contributed by atoms with Gasteiger partial charge in [-0.1, -0.05) is 28.9 Å². The first-order chi connectivity index (χ1) is 9.51. The van der Waals surface area contributed by atoms with Crippen LogP contribution in [0.15, 0.2) is 37.0 Å². The van der Waals surface area contributed by atoms with Crippen LogP contribution in [0.25, 0.3) is 0 Å². The molecule has 0 radical (unpaired) electrons. The Morgan fingerprint density at radius 1 is 1.15 bits per heavy atom. The fraction of sp³-hybridized carbons (Fsp3) is 0.333. The Hall–Kier alpha value is 0.320. The van der Waals surface area contributed by atoms with E-state index in [1.165, 1.54) is 16.0 Å². The molecule has 0 saturated carbocycles. The average molecular weight is 482 g/mol. The highest BCUT2D eigenvalue weighted by atomic mass is 79.9. The molecule has 108 valence electrons. The van der Waals surface area contributed by atoms with Crippen molar-refractivity contribution in [2.75, 3.05) is 6.54 Å². The molecule has 0 aliphatic rings. The van der Waals surface area contributed by atoms with Crippen LogP contribution in [-0.4, -0.2) is 6.54 Å². The SMILES string of the molecule is CCCNC(c1cc(C)cc(Br)c1)c1cc(Br)c(Br)s1. The lowest BCUT2D eigenvalue weighted by molar-refractivity contribution is 0.605.